The molecule has 2 heterocycles. The maximum absolute atomic E-state index is 14.0. The molecule has 0 radical (unpaired) electrons. The van der Waals surface area contributed by atoms with Gasteiger partial charge < -0.3 is 15.5 Å². The molecule has 0 bridgehead atoms. The highest BCUT2D eigenvalue weighted by atomic mass is 127. The van der Waals surface area contributed by atoms with Gasteiger partial charge in [0, 0.05) is 57.4 Å². The van der Waals surface area contributed by atoms with Crippen molar-refractivity contribution in [3.05, 3.63) is 47.8 Å². The van der Waals surface area contributed by atoms with E-state index in [-0.39, 0.29) is 35.9 Å². The zero-order chi connectivity index (χ0) is 20.8. The average Bonchev–Trinajstić information content (AvgIpc) is 3.13. The first-order valence-corrected chi connectivity index (χ1v) is 10.2. The summed E-state index contributed by atoms with van der Waals surface area (Å²) in [6.45, 7) is 6.95. The number of aromatic nitrogens is 2. The number of halogens is 3. The van der Waals surface area contributed by atoms with E-state index in [1.54, 1.807) is 0 Å². The number of rotatable bonds is 6. The van der Waals surface area contributed by atoms with Gasteiger partial charge in [0.05, 0.1) is 11.9 Å². The molecule has 1 fully saturated rings. The predicted molar refractivity (Wildman–Crippen MR) is 128 cm³/mol. The third kappa shape index (κ3) is 6.55. The van der Waals surface area contributed by atoms with Crippen LogP contribution in [-0.2, 0) is 7.05 Å². The number of aryl methyl sites for hydroxylation is 1. The Morgan fingerprint density at radius 3 is 2.83 bits per heavy atom. The lowest BCUT2D eigenvalue weighted by molar-refractivity contribution is 0.467. The Balaban J connectivity index is 0.00000320. The lowest BCUT2D eigenvalue weighted by Crippen LogP contribution is -2.51. The molecule has 2 aromatic rings. The van der Waals surface area contributed by atoms with Crippen LogP contribution in [0.1, 0.15) is 38.2 Å². The number of guanidine groups is 1. The zero-order valence-electron chi connectivity index (χ0n) is 17.7. The topological polar surface area (TPSA) is 57.5 Å². The molecule has 0 amide bonds. The van der Waals surface area contributed by atoms with Crippen LogP contribution in [0.15, 0.2) is 35.6 Å². The number of anilines is 1. The van der Waals surface area contributed by atoms with Gasteiger partial charge in [-0.05, 0) is 31.4 Å². The summed E-state index contributed by atoms with van der Waals surface area (Å²) in [5, 5.41) is 11.0. The van der Waals surface area contributed by atoms with Crippen LogP contribution in [0.25, 0.3) is 0 Å². The number of nitrogens with one attached hydrogen (secondary N) is 2. The second kappa shape index (κ2) is 11.5. The summed E-state index contributed by atoms with van der Waals surface area (Å²) in [6.07, 6.45) is 6.06. The summed E-state index contributed by atoms with van der Waals surface area (Å²) < 4.78 is 29.0. The molecule has 1 aromatic carbocycles. The number of nitrogens with zero attached hydrogens (tertiary/aromatic N) is 4. The van der Waals surface area contributed by atoms with Crippen LogP contribution >= 0.6 is 24.0 Å². The van der Waals surface area contributed by atoms with Gasteiger partial charge in [0.15, 0.2) is 5.96 Å². The van der Waals surface area contributed by atoms with Crippen molar-refractivity contribution < 1.29 is 8.78 Å². The van der Waals surface area contributed by atoms with Gasteiger partial charge in [0.2, 0.25) is 0 Å². The molecule has 2 N–H and O–H groups in total. The third-order valence-electron chi connectivity index (χ3n) is 5.18. The summed E-state index contributed by atoms with van der Waals surface area (Å²) in [5.74, 6) is -0.512. The van der Waals surface area contributed by atoms with E-state index in [2.05, 4.69) is 25.6 Å². The summed E-state index contributed by atoms with van der Waals surface area (Å²) in [6, 6.07) is 3.98. The minimum Gasteiger partial charge on any atom is -0.367 e. The van der Waals surface area contributed by atoms with Gasteiger partial charge in [0.25, 0.3) is 0 Å². The highest BCUT2D eigenvalue weighted by Gasteiger charge is 2.22. The molecular formula is C21H31F2IN6. The van der Waals surface area contributed by atoms with Crippen LogP contribution < -0.4 is 15.5 Å². The fourth-order valence-electron chi connectivity index (χ4n) is 3.64. The van der Waals surface area contributed by atoms with E-state index in [4.69, 9.17) is 0 Å². The number of hydrogen-bond acceptors (Lipinski definition) is 3. The van der Waals surface area contributed by atoms with Gasteiger partial charge in [0.1, 0.15) is 11.6 Å². The number of piperidine rings is 1. The lowest BCUT2D eigenvalue weighted by atomic mass is 10.0. The molecule has 1 saturated heterocycles. The van der Waals surface area contributed by atoms with Crippen molar-refractivity contribution in [3.8, 4) is 0 Å². The Morgan fingerprint density at radius 1 is 1.37 bits per heavy atom. The number of hydrogen-bond donors (Lipinski definition) is 2. The quantitative estimate of drug-likeness (QED) is 0.339. The van der Waals surface area contributed by atoms with Gasteiger partial charge in [-0.2, -0.15) is 5.10 Å². The van der Waals surface area contributed by atoms with Crippen molar-refractivity contribution in [2.24, 2.45) is 12.0 Å². The van der Waals surface area contributed by atoms with Crippen molar-refractivity contribution in [2.45, 2.75) is 38.6 Å². The molecule has 9 heteroatoms. The summed E-state index contributed by atoms with van der Waals surface area (Å²) in [5.41, 5.74) is 1.60. The molecule has 1 aliphatic heterocycles. The number of benzene rings is 1. The Bertz CT molecular complexity index is 841. The smallest absolute Gasteiger partial charge is 0.191 e. The second-order valence-corrected chi connectivity index (χ2v) is 7.59. The molecule has 166 valence electrons. The van der Waals surface area contributed by atoms with Crippen LogP contribution in [0, 0.1) is 11.6 Å². The van der Waals surface area contributed by atoms with Crippen LogP contribution in [0.2, 0.25) is 0 Å². The molecule has 0 aliphatic carbocycles. The van der Waals surface area contributed by atoms with Crippen LogP contribution in [0.4, 0.5) is 14.5 Å². The predicted octanol–water partition coefficient (Wildman–Crippen LogP) is 3.64. The van der Waals surface area contributed by atoms with E-state index in [1.165, 1.54) is 12.1 Å². The van der Waals surface area contributed by atoms with Gasteiger partial charge in [-0.15, -0.1) is 24.0 Å². The van der Waals surface area contributed by atoms with Gasteiger partial charge in [-0.25, -0.2) is 8.78 Å². The van der Waals surface area contributed by atoms with E-state index in [9.17, 15) is 8.78 Å². The van der Waals surface area contributed by atoms with Crippen molar-refractivity contribution >= 4 is 35.6 Å². The van der Waals surface area contributed by atoms with Crippen molar-refractivity contribution in [3.63, 3.8) is 0 Å². The summed E-state index contributed by atoms with van der Waals surface area (Å²) >= 11 is 0. The molecule has 1 aliphatic rings. The first kappa shape index (κ1) is 24.4. The molecule has 3 rings (SSSR count). The Kier molecular flexibility index (Phi) is 9.32. The Labute approximate surface area is 194 Å². The molecule has 0 spiro atoms. The minimum absolute atomic E-state index is 0. The first-order chi connectivity index (χ1) is 14.0. The first-order valence-electron chi connectivity index (χ1n) is 10.2. The molecule has 6 nitrogen and oxygen atoms in total. The van der Waals surface area contributed by atoms with Crippen LogP contribution in [0.5, 0.6) is 0 Å². The molecule has 0 saturated carbocycles. The summed E-state index contributed by atoms with van der Waals surface area (Å²) in [7, 11) is 1.92. The van der Waals surface area contributed by atoms with Gasteiger partial charge in [-0.1, -0.05) is 13.0 Å². The molecular weight excluding hydrogens is 501 g/mol. The molecule has 30 heavy (non-hydrogen) atoms. The SMILES string of the molecule is CCNC(=NCC(C)c1ccc(F)cc1F)NC1CCCN(c2cnn(C)c2)C1.I. The van der Waals surface area contributed by atoms with Crippen LogP contribution in [0.3, 0.4) is 0 Å². The van der Waals surface area contributed by atoms with Crippen molar-refractivity contribution in [2.75, 3.05) is 31.1 Å². The van der Waals surface area contributed by atoms with Gasteiger partial charge >= 0.3 is 0 Å². The summed E-state index contributed by atoms with van der Waals surface area (Å²) in [4.78, 5) is 6.98. The zero-order valence-corrected chi connectivity index (χ0v) is 20.1. The van der Waals surface area contributed by atoms with E-state index < -0.39 is 11.6 Å². The van der Waals surface area contributed by atoms with Gasteiger partial charge in [-0.3, -0.25) is 9.67 Å². The molecule has 2 atom stereocenters. The second-order valence-electron chi connectivity index (χ2n) is 7.59. The average molecular weight is 532 g/mol. The van der Waals surface area contributed by atoms with E-state index >= 15 is 0 Å². The third-order valence-corrected chi connectivity index (χ3v) is 5.18. The standard InChI is InChI=1S/C21H30F2N6.HI/c1-4-24-21(25-11-15(2)19-8-7-16(22)10-20(19)23)27-17-6-5-9-29(13-17)18-12-26-28(3)14-18;/h7-8,10,12,14-15,17H,4-6,9,11,13H2,1-3H3,(H2,24,25,27);1H. The largest absolute Gasteiger partial charge is 0.367 e. The fraction of sp³-hybridized carbons (Fsp3) is 0.524. The highest BCUT2D eigenvalue weighted by molar-refractivity contribution is 14.0. The number of aliphatic imine (C=N–C) groups is 1. The lowest BCUT2D eigenvalue weighted by Gasteiger charge is -2.34. The van der Waals surface area contributed by atoms with E-state index in [1.807, 2.05) is 38.0 Å². The molecule has 2 unspecified atom stereocenters. The molecule has 1 aromatic heterocycles. The van der Waals surface area contributed by atoms with Crippen molar-refractivity contribution in [1.29, 1.82) is 0 Å². The van der Waals surface area contributed by atoms with Crippen molar-refractivity contribution in [1.82, 2.24) is 20.4 Å². The fourth-order valence-corrected chi connectivity index (χ4v) is 3.64. The highest BCUT2D eigenvalue weighted by Crippen LogP contribution is 2.21. The van der Waals surface area contributed by atoms with E-state index in [0.717, 1.165) is 50.2 Å². The Morgan fingerprint density at radius 2 is 2.17 bits per heavy atom. The monoisotopic (exact) mass is 532 g/mol. The Hall–Kier alpha value is -1.91. The van der Waals surface area contributed by atoms with E-state index in [0.29, 0.717) is 12.1 Å². The maximum atomic E-state index is 14.0. The normalized spacial score (nSPS) is 18.0. The minimum atomic E-state index is -0.563. The van der Waals surface area contributed by atoms with Crippen LogP contribution in [-0.4, -0.2) is 48.0 Å². The maximum Gasteiger partial charge on any atom is 0.191 e.